The van der Waals surface area contributed by atoms with Gasteiger partial charge in [0.1, 0.15) is 11.6 Å². The number of methoxy groups -OCH3 is 1. The summed E-state index contributed by atoms with van der Waals surface area (Å²) in [6, 6.07) is 16.2. The fraction of sp³-hybridized carbons (Fsp3) is 0.435. The van der Waals surface area contributed by atoms with Gasteiger partial charge in [-0.3, -0.25) is 4.90 Å². The van der Waals surface area contributed by atoms with E-state index >= 15 is 0 Å². The number of hydrogen-bond donors (Lipinski definition) is 1. The number of nitrogens with zero attached hydrogens (tertiary/aromatic N) is 3. The van der Waals surface area contributed by atoms with Gasteiger partial charge in [-0.15, -0.1) is 0 Å². The largest absolute Gasteiger partial charge is 0.496 e. The zero-order valence-electron chi connectivity index (χ0n) is 16.8. The molecule has 148 valence electrons. The predicted octanol–water partition coefficient (Wildman–Crippen LogP) is 3.94. The Kier molecular flexibility index (Phi) is 5.38. The molecule has 1 saturated heterocycles. The molecular formula is C23H29N3O2. The van der Waals surface area contributed by atoms with E-state index in [1.807, 2.05) is 30.3 Å². The Labute approximate surface area is 166 Å². The van der Waals surface area contributed by atoms with E-state index in [4.69, 9.17) is 9.72 Å². The first-order valence-electron chi connectivity index (χ1n) is 10.2. The fourth-order valence-corrected chi connectivity index (χ4v) is 4.30. The molecule has 2 aromatic carbocycles. The normalized spacial score (nSPS) is 17.1. The van der Waals surface area contributed by atoms with Crippen LogP contribution in [0.3, 0.4) is 0 Å². The molecule has 28 heavy (non-hydrogen) atoms. The van der Waals surface area contributed by atoms with E-state index in [2.05, 4.69) is 34.6 Å². The lowest BCUT2D eigenvalue weighted by Gasteiger charge is -2.39. The van der Waals surface area contributed by atoms with Gasteiger partial charge < -0.3 is 14.4 Å². The number of piperidine rings is 1. The number of ether oxygens (including phenoxy) is 1. The molecule has 0 aliphatic carbocycles. The lowest BCUT2D eigenvalue weighted by Crippen LogP contribution is -2.42. The van der Waals surface area contributed by atoms with E-state index in [-0.39, 0.29) is 0 Å². The van der Waals surface area contributed by atoms with Crippen LogP contribution in [-0.2, 0) is 18.7 Å². The lowest BCUT2D eigenvalue weighted by molar-refractivity contribution is -0.0298. The summed E-state index contributed by atoms with van der Waals surface area (Å²) in [5.74, 6) is 1.88. The van der Waals surface area contributed by atoms with Crippen LogP contribution < -0.4 is 4.74 Å². The molecule has 1 N–H and O–H groups in total. The van der Waals surface area contributed by atoms with E-state index in [0.717, 1.165) is 55.3 Å². The first kappa shape index (κ1) is 19.0. The minimum Gasteiger partial charge on any atom is -0.496 e. The third-order valence-corrected chi connectivity index (χ3v) is 5.84. The number of benzene rings is 2. The summed E-state index contributed by atoms with van der Waals surface area (Å²) in [4.78, 5) is 7.29. The number of rotatable bonds is 6. The van der Waals surface area contributed by atoms with Crippen LogP contribution >= 0.6 is 0 Å². The highest BCUT2D eigenvalue weighted by molar-refractivity contribution is 5.75. The number of aromatic nitrogens is 2. The van der Waals surface area contributed by atoms with Crippen LogP contribution in [0.1, 0.15) is 37.6 Å². The highest BCUT2D eigenvalue weighted by atomic mass is 16.5. The highest BCUT2D eigenvalue weighted by Gasteiger charge is 2.36. The van der Waals surface area contributed by atoms with Crippen LogP contribution in [0.4, 0.5) is 0 Å². The molecule has 1 aliphatic rings. The number of imidazole rings is 1. The number of aryl methyl sites for hydroxylation is 1. The number of aliphatic hydroxyl groups is 1. The molecule has 1 aliphatic heterocycles. The van der Waals surface area contributed by atoms with Gasteiger partial charge in [0, 0.05) is 25.2 Å². The molecule has 0 spiro atoms. The lowest BCUT2D eigenvalue weighted by atomic mass is 9.84. The Balaban J connectivity index is 1.50. The molecule has 0 atom stereocenters. The second-order valence-corrected chi connectivity index (χ2v) is 7.68. The second-order valence-electron chi connectivity index (χ2n) is 7.68. The van der Waals surface area contributed by atoms with Crippen molar-refractivity contribution in [1.82, 2.24) is 14.5 Å². The minimum atomic E-state index is -0.827. The van der Waals surface area contributed by atoms with Crippen molar-refractivity contribution in [2.45, 2.75) is 44.9 Å². The molecule has 1 aromatic heterocycles. The maximum atomic E-state index is 11.3. The van der Waals surface area contributed by atoms with Crippen LogP contribution in [0, 0.1) is 0 Å². The molecule has 5 nitrogen and oxygen atoms in total. The Morgan fingerprint density at radius 1 is 1.07 bits per heavy atom. The van der Waals surface area contributed by atoms with Crippen molar-refractivity contribution in [3.05, 3.63) is 59.9 Å². The van der Waals surface area contributed by atoms with Crippen LogP contribution in [0.2, 0.25) is 0 Å². The number of fused-ring (bicyclic) bond motifs is 1. The van der Waals surface area contributed by atoms with Gasteiger partial charge in [0.25, 0.3) is 0 Å². The number of likely N-dealkylation sites (tertiary alicyclic amines) is 1. The average Bonchev–Trinajstić information content (AvgIpc) is 3.07. The summed E-state index contributed by atoms with van der Waals surface area (Å²) in [6.45, 7) is 5.67. The standard InChI is InChI=1S/C23H29N3O2/c1-3-14-26-20-10-6-5-9-19(20)24-22(26)17-25-15-12-23(27,13-16-25)18-8-4-7-11-21(18)28-2/h4-11,27H,3,12-17H2,1-2H3. The van der Waals surface area contributed by atoms with Crippen molar-refractivity contribution in [2.24, 2.45) is 0 Å². The van der Waals surface area contributed by atoms with E-state index in [0.29, 0.717) is 12.8 Å². The van der Waals surface area contributed by atoms with Crippen molar-refractivity contribution >= 4 is 11.0 Å². The molecule has 0 amide bonds. The molecule has 0 saturated carbocycles. The Morgan fingerprint density at radius 2 is 1.79 bits per heavy atom. The Hall–Kier alpha value is -2.37. The highest BCUT2D eigenvalue weighted by Crippen LogP contribution is 2.38. The van der Waals surface area contributed by atoms with Gasteiger partial charge in [0.05, 0.1) is 30.3 Å². The molecule has 0 bridgehead atoms. The van der Waals surface area contributed by atoms with Gasteiger partial charge in [0.15, 0.2) is 0 Å². The van der Waals surface area contributed by atoms with Crippen LogP contribution in [0.25, 0.3) is 11.0 Å². The van der Waals surface area contributed by atoms with Crippen LogP contribution in [0.5, 0.6) is 5.75 Å². The first-order chi connectivity index (χ1) is 13.6. The van der Waals surface area contributed by atoms with Crippen molar-refractivity contribution < 1.29 is 9.84 Å². The molecule has 5 heteroatoms. The van der Waals surface area contributed by atoms with E-state index in [1.165, 1.54) is 5.52 Å². The van der Waals surface area contributed by atoms with Gasteiger partial charge in [-0.05, 0) is 37.5 Å². The Bertz CT molecular complexity index is 942. The van der Waals surface area contributed by atoms with Crippen LogP contribution in [0.15, 0.2) is 48.5 Å². The molecular weight excluding hydrogens is 350 g/mol. The number of hydrogen-bond acceptors (Lipinski definition) is 4. The van der Waals surface area contributed by atoms with E-state index in [9.17, 15) is 5.11 Å². The zero-order valence-corrected chi connectivity index (χ0v) is 16.8. The maximum Gasteiger partial charge on any atom is 0.124 e. The molecule has 0 radical (unpaired) electrons. The molecule has 1 fully saturated rings. The van der Waals surface area contributed by atoms with Crippen molar-refractivity contribution in [3.63, 3.8) is 0 Å². The maximum absolute atomic E-state index is 11.3. The molecule has 4 rings (SSSR count). The summed E-state index contributed by atoms with van der Waals surface area (Å²) in [7, 11) is 1.66. The summed E-state index contributed by atoms with van der Waals surface area (Å²) in [5.41, 5.74) is 2.35. The second kappa shape index (κ2) is 7.94. The quantitative estimate of drug-likeness (QED) is 0.705. The number of para-hydroxylation sites is 3. The first-order valence-corrected chi connectivity index (χ1v) is 10.2. The smallest absolute Gasteiger partial charge is 0.124 e. The van der Waals surface area contributed by atoms with Crippen molar-refractivity contribution in [1.29, 1.82) is 0 Å². The van der Waals surface area contributed by atoms with E-state index in [1.54, 1.807) is 7.11 Å². The summed E-state index contributed by atoms with van der Waals surface area (Å²) < 4.78 is 7.82. The van der Waals surface area contributed by atoms with Crippen LogP contribution in [-0.4, -0.2) is 39.8 Å². The SMILES string of the molecule is CCCn1c(CN2CCC(O)(c3ccccc3OC)CC2)nc2ccccc21. The van der Waals surface area contributed by atoms with Gasteiger partial charge in [-0.2, -0.15) is 0 Å². The Morgan fingerprint density at radius 3 is 2.54 bits per heavy atom. The van der Waals surface area contributed by atoms with Gasteiger partial charge in [-0.25, -0.2) is 4.98 Å². The fourth-order valence-electron chi connectivity index (χ4n) is 4.30. The van der Waals surface area contributed by atoms with E-state index < -0.39 is 5.60 Å². The summed E-state index contributed by atoms with van der Waals surface area (Å²) in [5, 5.41) is 11.3. The predicted molar refractivity (Wildman–Crippen MR) is 111 cm³/mol. The molecule has 3 aromatic rings. The summed E-state index contributed by atoms with van der Waals surface area (Å²) in [6.07, 6.45) is 2.48. The van der Waals surface area contributed by atoms with Crippen molar-refractivity contribution in [2.75, 3.05) is 20.2 Å². The average molecular weight is 380 g/mol. The molecule has 2 heterocycles. The zero-order chi connectivity index (χ0) is 19.6. The molecule has 0 unspecified atom stereocenters. The third-order valence-electron chi connectivity index (χ3n) is 5.84. The van der Waals surface area contributed by atoms with Crippen molar-refractivity contribution in [3.8, 4) is 5.75 Å². The van der Waals surface area contributed by atoms with Gasteiger partial charge in [-0.1, -0.05) is 37.3 Å². The topological polar surface area (TPSA) is 50.5 Å². The minimum absolute atomic E-state index is 0.696. The van der Waals surface area contributed by atoms with Gasteiger partial charge >= 0.3 is 0 Å². The monoisotopic (exact) mass is 379 g/mol. The van der Waals surface area contributed by atoms with Gasteiger partial charge in [0.2, 0.25) is 0 Å². The summed E-state index contributed by atoms with van der Waals surface area (Å²) >= 11 is 0. The third kappa shape index (κ3) is 3.52.